The molecule has 1 aromatic heterocycles. The van der Waals surface area contributed by atoms with Gasteiger partial charge in [0.1, 0.15) is 5.01 Å². The molecule has 3 N–H and O–H groups in total. The van der Waals surface area contributed by atoms with E-state index >= 15 is 0 Å². The number of carbonyl (C=O) groups excluding carboxylic acids is 1. The van der Waals surface area contributed by atoms with Crippen LogP contribution in [0, 0.1) is 0 Å². The molecule has 1 aromatic rings. The van der Waals surface area contributed by atoms with Gasteiger partial charge in [-0.05, 0) is 19.3 Å². The SMILES string of the molecule is CC(N)CCC(=O)NCc1nc(C(C)C)cs1. The summed E-state index contributed by atoms with van der Waals surface area (Å²) in [5, 5.41) is 5.87. The zero-order chi connectivity index (χ0) is 12.8. The van der Waals surface area contributed by atoms with Crippen LogP contribution < -0.4 is 11.1 Å². The van der Waals surface area contributed by atoms with Crippen LogP contribution in [0.15, 0.2) is 5.38 Å². The average molecular weight is 255 g/mol. The summed E-state index contributed by atoms with van der Waals surface area (Å²) in [5.41, 5.74) is 6.69. The fourth-order valence-electron chi connectivity index (χ4n) is 1.29. The number of amides is 1. The van der Waals surface area contributed by atoms with Crippen molar-refractivity contribution in [2.45, 2.75) is 52.1 Å². The molecule has 0 saturated heterocycles. The van der Waals surface area contributed by atoms with Gasteiger partial charge in [-0.25, -0.2) is 4.98 Å². The second kappa shape index (κ2) is 6.71. The van der Waals surface area contributed by atoms with E-state index in [9.17, 15) is 4.79 Å². The van der Waals surface area contributed by atoms with E-state index in [1.165, 1.54) is 0 Å². The van der Waals surface area contributed by atoms with E-state index in [1.807, 2.05) is 12.3 Å². The lowest BCUT2D eigenvalue weighted by Crippen LogP contribution is -2.25. The second-order valence-corrected chi connectivity index (χ2v) is 5.56. The highest BCUT2D eigenvalue weighted by molar-refractivity contribution is 7.09. The van der Waals surface area contributed by atoms with Gasteiger partial charge in [0.25, 0.3) is 0 Å². The average Bonchev–Trinajstić information content (AvgIpc) is 2.72. The van der Waals surface area contributed by atoms with Gasteiger partial charge in [-0.2, -0.15) is 0 Å². The fraction of sp³-hybridized carbons (Fsp3) is 0.667. The molecule has 0 bridgehead atoms. The van der Waals surface area contributed by atoms with Gasteiger partial charge in [-0.3, -0.25) is 4.79 Å². The van der Waals surface area contributed by atoms with Crippen molar-refractivity contribution in [1.29, 1.82) is 0 Å². The predicted octanol–water partition coefficient (Wildman–Crippen LogP) is 2.01. The zero-order valence-corrected chi connectivity index (χ0v) is 11.5. The molecule has 0 saturated carbocycles. The van der Waals surface area contributed by atoms with Crippen molar-refractivity contribution < 1.29 is 4.79 Å². The maximum absolute atomic E-state index is 11.5. The van der Waals surface area contributed by atoms with E-state index in [0.29, 0.717) is 18.9 Å². The summed E-state index contributed by atoms with van der Waals surface area (Å²) in [5.74, 6) is 0.484. The monoisotopic (exact) mass is 255 g/mol. The number of aromatic nitrogens is 1. The van der Waals surface area contributed by atoms with Gasteiger partial charge in [0.05, 0.1) is 12.2 Å². The van der Waals surface area contributed by atoms with Crippen LogP contribution in [-0.2, 0) is 11.3 Å². The molecule has 17 heavy (non-hydrogen) atoms. The Hall–Kier alpha value is -0.940. The van der Waals surface area contributed by atoms with Crippen LogP contribution in [0.4, 0.5) is 0 Å². The molecule has 1 atom stereocenters. The maximum atomic E-state index is 11.5. The Bertz CT molecular complexity index is 360. The minimum atomic E-state index is 0.0450. The van der Waals surface area contributed by atoms with Gasteiger partial charge in [-0.15, -0.1) is 11.3 Å². The first-order valence-electron chi connectivity index (χ1n) is 5.95. The van der Waals surface area contributed by atoms with Crippen molar-refractivity contribution in [3.8, 4) is 0 Å². The number of carbonyl (C=O) groups is 1. The first-order valence-corrected chi connectivity index (χ1v) is 6.83. The van der Waals surface area contributed by atoms with Crippen LogP contribution in [0.3, 0.4) is 0 Å². The van der Waals surface area contributed by atoms with E-state index in [2.05, 4.69) is 24.1 Å². The molecule has 0 spiro atoms. The summed E-state index contributed by atoms with van der Waals surface area (Å²) in [6.45, 7) is 6.65. The van der Waals surface area contributed by atoms with Crippen molar-refractivity contribution in [2.24, 2.45) is 5.73 Å². The van der Waals surface area contributed by atoms with Gasteiger partial charge >= 0.3 is 0 Å². The number of nitrogens with one attached hydrogen (secondary N) is 1. The van der Waals surface area contributed by atoms with Crippen molar-refractivity contribution >= 4 is 17.2 Å². The van der Waals surface area contributed by atoms with E-state index in [-0.39, 0.29) is 11.9 Å². The Labute approximate surface area is 107 Å². The summed E-state index contributed by atoms with van der Waals surface area (Å²) >= 11 is 1.59. The van der Waals surface area contributed by atoms with Crippen LogP contribution in [-0.4, -0.2) is 16.9 Å². The second-order valence-electron chi connectivity index (χ2n) is 4.61. The molecule has 1 amide bonds. The minimum absolute atomic E-state index is 0.0450. The summed E-state index contributed by atoms with van der Waals surface area (Å²) in [6, 6.07) is 0.0770. The highest BCUT2D eigenvalue weighted by atomic mass is 32.1. The van der Waals surface area contributed by atoms with E-state index in [1.54, 1.807) is 11.3 Å². The molecule has 1 rings (SSSR count). The number of nitrogens with two attached hydrogens (primary N) is 1. The first-order chi connectivity index (χ1) is 7.99. The lowest BCUT2D eigenvalue weighted by molar-refractivity contribution is -0.121. The maximum Gasteiger partial charge on any atom is 0.220 e. The Morgan fingerprint density at radius 2 is 2.24 bits per heavy atom. The van der Waals surface area contributed by atoms with Crippen LogP contribution in [0.1, 0.15) is 50.2 Å². The lowest BCUT2D eigenvalue weighted by Gasteiger charge is -2.05. The van der Waals surface area contributed by atoms with Crippen molar-refractivity contribution in [1.82, 2.24) is 10.3 Å². The smallest absolute Gasteiger partial charge is 0.220 e. The van der Waals surface area contributed by atoms with Crippen molar-refractivity contribution in [2.75, 3.05) is 0 Å². The van der Waals surface area contributed by atoms with Gasteiger partial charge in [0, 0.05) is 17.8 Å². The Kier molecular flexibility index (Phi) is 5.58. The number of nitrogens with zero attached hydrogens (tertiary/aromatic N) is 1. The zero-order valence-electron chi connectivity index (χ0n) is 10.7. The summed E-state index contributed by atoms with van der Waals surface area (Å²) in [4.78, 5) is 15.9. The van der Waals surface area contributed by atoms with Gasteiger partial charge < -0.3 is 11.1 Å². The predicted molar refractivity (Wildman–Crippen MR) is 70.9 cm³/mol. The largest absolute Gasteiger partial charge is 0.350 e. The lowest BCUT2D eigenvalue weighted by atomic mass is 10.2. The molecule has 0 aromatic carbocycles. The fourth-order valence-corrected chi connectivity index (χ4v) is 2.19. The molecule has 1 heterocycles. The number of hydrogen-bond acceptors (Lipinski definition) is 4. The van der Waals surface area contributed by atoms with E-state index in [4.69, 9.17) is 5.73 Å². The third-order valence-corrected chi connectivity index (χ3v) is 3.29. The first kappa shape index (κ1) is 14.1. The number of thiazole rings is 1. The van der Waals surface area contributed by atoms with Gasteiger partial charge in [-0.1, -0.05) is 13.8 Å². The summed E-state index contributed by atoms with van der Waals surface area (Å²) in [6.07, 6.45) is 1.21. The third kappa shape index (κ3) is 5.28. The summed E-state index contributed by atoms with van der Waals surface area (Å²) in [7, 11) is 0. The van der Waals surface area contributed by atoms with Crippen LogP contribution >= 0.6 is 11.3 Å². The molecule has 4 nitrogen and oxygen atoms in total. The molecule has 0 fully saturated rings. The van der Waals surface area contributed by atoms with Crippen LogP contribution in [0.25, 0.3) is 0 Å². The molecule has 0 aliphatic carbocycles. The standard InChI is InChI=1S/C12H21N3OS/c1-8(2)10-7-17-12(15-10)6-14-11(16)5-4-9(3)13/h7-9H,4-6,13H2,1-3H3,(H,14,16). The van der Waals surface area contributed by atoms with Crippen LogP contribution in [0.2, 0.25) is 0 Å². The Balaban J connectivity index is 2.32. The molecular weight excluding hydrogens is 234 g/mol. The van der Waals surface area contributed by atoms with Crippen LogP contribution in [0.5, 0.6) is 0 Å². The van der Waals surface area contributed by atoms with Gasteiger partial charge in [0.2, 0.25) is 5.91 Å². The summed E-state index contributed by atoms with van der Waals surface area (Å²) < 4.78 is 0. The van der Waals surface area contributed by atoms with Gasteiger partial charge in [0.15, 0.2) is 0 Å². The molecule has 1 unspecified atom stereocenters. The normalized spacial score (nSPS) is 12.8. The van der Waals surface area contributed by atoms with E-state index < -0.39 is 0 Å². The molecule has 5 heteroatoms. The highest BCUT2D eigenvalue weighted by Gasteiger charge is 2.07. The molecule has 0 aliphatic rings. The molecular formula is C12H21N3OS. The van der Waals surface area contributed by atoms with E-state index in [0.717, 1.165) is 17.1 Å². The quantitative estimate of drug-likeness (QED) is 0.817. The van der Waals surface area contributed by atoms with Crippen molar-refractivity contribution in [3.05, 3.63) is 16.1 Å². The van der Waals surface area contributed by atoms with Crippen molar-refractivity contribution in [3.63, 3.8) is 0 Å². The third-order valence-electron chi connectivity index (χ3n) is 2.42. The Morgan fingerprint density at radius 1 is 1.53 bits per heavy atom. The Morgan fingerprint density at radius 3 is 2.76 bits per heavy atom. The number of rotatable bonds is 6. The number of hydrogen-bond donors (Lipinski definition) is 2. The molecule has 0 radical (unpaired) electrons. The molecule has 0 aliphatic heterocycles. The highest BCUT2D eigenvalue weighted by Crippen LogP contribution is 2.17. The molecule has 96 valence electrons. The topological polar surface area (TPSA) is 68.0 Å². The minimum Gasteiger partial charge on any atom is -0.350 e.